The minimum absolute atomic E-state index is 0.374. The lowest BCUT2D eigenvalue weighted by Crippen LogP contribution is -2.34. The van der Waals surface area contributed by atoms with Crippen molar-refractivity contribution >= 4 is 11.6 Å². The van der Waals surface area contributed by atoms with Crippen LogP contribution in [-0.4, -0.2) is 38.2 Å². The number of nitrogens with two attached hydrogens (primary N) is 1. The van der Waals surface area contributed by atoms with Crippen molar-refractivity contribution in [2.75, 3.05) is 32.6 Å². The Morgan fingerprint density at radius 2 is 1.90 bits per heavy atom. The number of anilines is 1. The number of nitrogens with one attached hydrogen (secondary N) is 1. The maximum atomic E-state index is 6.12. The molecule has 1 atom stereocenters. The van der Waals surface area contributed by atoms with Crippen LogP contribution in [0.15, 0.2) is 47.5 Å². The summed E-state index contributed by atoms with van der Waals surface area (Å²) < 4.78 is 10.6. The van der Waals surface area contributed by atoms with Gasteiger partial charge in [0.05, 0.1) is 20.8 Å². The highest BCUT2D eigenvalue weighted by atomic mass is 16.5. The summed E-state index contributed by atoms with van der Waals surface area (Å²) in [5.74, 6) is 2.47. The first-order valence-electron chi connectivity index (χ1n) is 10.2. The maximum Gasteiger partial charge on any atom is 0.193 e. The largest absolute Gasteiger partial charge is 0.493 e. The van der Waals surface area contributed by atoms with Gasteiger partial charge in [0.25, 0.3) is 0 Å². The van der Waals surface area contributed by atoms with Crippen LogP contribution in [0.25, 0.3) is 0 Å². The van der Waals surface area contributed by atoms with Gasteiger partial charge in [0.2, 0.25) is 0 Å². The van der Waals surface area contributed by atoms with E-state index in [1.807, 2.05) is 18.2 Å². The van der Waals surface area contributed by atoms with Crippen molar-refractivity contribution in [3.05, 3.63) is 53.6 Å². The van der Waals surface area contributed by atoms with Crippen molar-refractivity contribution in [2.24, 2.45) is 16.6 Å². The van der Waals surface area contributed by atoms with Gasteiger partial charge in [-0.1, -0.05) is 31.2 Å². The van der Waals surface area contributed by atoms with Gasteiger partial charge in [0.15, 0.2) is 17.5 Å². The Morgan fingerprint density at radius 3 is 2.62 bits per heavy atom. The molecule has 2 aromatic carbocycles. The quantitative estimate of drug-likeness (QED) is 0.549. The molecule has 0 amide bonds. The van der Waals surface area contributed by atoms with Gasteiger partial charge in [-0.3, -0.25) is 4.90 Å². The second-order valence-corrected chi connectivity index (χ2v) is 7.65. The average molecular weight is 397 g/mol. The van der Waals surface area contributed by atoms with E-state index in [0.717, 1.165) is 18.2 Å². The second-order valence-electron chi connectivity index (χ2n) is 7.65. The number of rotatable bonds is 7. The van der Waals surface area contributed by atoms with Gasteiger partial charge in [-0.2, -0.15) is 0 Å². The van der Waals surface area contributed by atoms with Crippen LogP contribution in [-0.2, 0) is 13.1 Å². The van der Waals surface area contributed by atoms with Crippen molar-refractivity contribution in [3.8, 4) is 11.5 Å². The lowest BCUT2D eigenvalue weighted by Gasteiger charge is -2.31. The Hall–Kier alpha value is -2.73. The summed E-state index contributed by atoms with van der Waals surface area (Å²) >= 11 is 0. The van der Waals surface area contributed by atoms with Crippen LogP contribution in [0.5, 0.6) is 11.5 Å². The molecule has 3 N–H and O–H groups in total. The van der Waals surface area contributed by atoms with Crippen molar-refractivity contribution < 1.29 is 9.47 Å². The fourth-order valence-electron chi connectivity index (χ4n) is 3.81. The van der Waals surface area contributed by atoms with E-state index in [4.69, 9.17) is 15.2 Å². The highest BCUT2D eigenvalue weighted by Gasteiger charge is 2.17. The molecule has 0 aliphatic carbocycles. The molecule has 6 heteroatoms. The van der Waals surface area contributed by atoms with Crippen LogP contribution in [0.3, 0.4) is 0 Å². The molecule has 0 aromatic heterocycles. The van der Waals surface area contributed by atoms with Crippen molar-refractivity contribution in [1.82, 2.24) is 4.90 Å². The normalized spacial score (nSPS) is 17.8. The van der Waals surface area contributed by atoms with Crippen LogP contribution >= 0.6 is 0 Å². The zero-order valence-electron chi connectivity index (χ0n) is 17.6. The summed E-state index contributed by atoms with van der Waals surface area (Å²) in [6.07, 6.45) is 2.62. The third kappa shape index (κ3) is 5.87. The number of guanidine groups is 1. The van der Waals surface area contributed by atoms with E-state index in [2.05, 4.69) is 46.4 Å². The molecule has 1 aliphatic rings. The number of nitrogens with zero attached hydrogens (tertiary/aromatic N) is 2. The molecular formula is C23H32N4O2. The molecule has 2 aromatic rings. The number of hydrogen-bond donors (Lipinski definition) is 2. The standard InChI is InChI=1S/C23H32N4O2/c1-17-7-6-12-27(15-17)16-19-9-5-4-8-18(19)14-25-23(24)26-20-10-11-21(28-2)22(13-20)29-3/h4-5,8-11,13,17H,6-7,12,14-16H2,1-3H3,(H3,24,25,26). The van der Waals surface area contributed by atoms with Crippen molar-refractivity contribution in [3.63, 3.8) is 0 Å². The zero-order valence-corrected chi connectivity index (χ0v) is 17.6. The van der Waals surface area contributed by atoms with Crippen LogP contribution in [0.4, 0.5) is 5.69 Å². The molecule has 0 saturated carbocycles. The van der Waals surface area contributed by atoms with Gasteiger partial charge >= 0.3 is 0 Å². The van der Waals surface area contributed by atoms with E-state index in [0.29, 0.717) is 24.0 Å². The Kier molecular flexibility index (Phi) is 7.36. The van der Waals surface area contributed by atoms with E-state index >= 15 is 0 Å². The molecule has 29 heavy (non-hydrogen) atoms. The Morgan fingerprint density at radius 1 is 1.14 bits per heavy atom. The molecule has 1 saturated heterocycles. The van der Waals surface area contributed by atoms with E-state index in [1.54, 1.807) is 14.2 Å². The summed E-state index contributed by atoms with van der Waals surface area (Å²) in [5.41, 5.74) is 9.46. The summed E-state index contributed by atoms with van der Waals surface area (Å²) in [6.45, 7) is 6.19. The molecule has 6 nitrogen and oxygen atoms in total. The van der Waals surface area contributed by atoms with Gasteiger partial charge in [0.1, 0.15) is 0 Å². The number of hydrogen-bond acceptors (Lipinski definition) is 4. The van der Waals surface area contributed by atoms with E-state index < -0.39 is 0 Å². The summed E-state index contributed by atoms with van der Waals surface area (Å²) in [7, 11) is 3.22. The predicted molar refractivity (Wildman–Crippen MR) is 119 cm³/mol. The average Bonchev–Trinajstić information content (AvgIpc) is 2.73. The number of methoxy groups -OCH3 is 2. The fraction of sp³-hybridized carbons (Fsp3) is 0.435. The molecule has 0 radical (unpaired) electrons. The van der Waals surface area contributed by atoms with E-state index in [9.17, 15) is 0 Å². The molecule has 3 rings (SSSR count). The predicted octanol–water partition coefficient (Wildman–Crippen LogP) is 3.86. The lowest BCUT2D eigenvalue weighted by molar-refractivity contribution is 0.176. The Balaban J connectivity index is 1.65. The minimum Gasteiger partial charge on any atom is -0.493 e. The van der Waals surface area contributed by atoms with Crippen molar-refractivity contribution in [2.45, 2.75) is 32.9 Å². The number of ether oxygens (including phenoxy) is 2. The van der Waals surface area contributed by atoms with E-state index in [-0.39, 0.29) is 0 Å². The molecule has 156 valence electrons. The highest BCUT2D eigenvalue weighted by molar-refractivity contribution is 5.92. The second kappa shape index (κ2) is 10.2. The van der Waals surface area contributed by atoms with Gasteiger partial charge in [0, 0.05) is 24.8 Å². The third-order valence-electron chi connectivity index (χ3n) is 5.33. The summed E-state index contributed by atoms with van der Waals surface area (Å²) in [5, 5.41) is 3.13. The van der Waals surface area contributed by atoms with Gasteiger partial charge in [-0.15, -0.1) is 0 Å². The van der Waals surface area contributed by atoms with E-state index in [1.165, 1.54) is 37.1 Å². The summed E-state index contributed by atoms with van der Waals surface area (Å²) in [6, 6.07) is 14.1. The minimum atomic E-state index is 0.374. The number of aliphatic imine (C=N–C) groups is 1. The highest BCUT2D eigenvalue weighted by Crippen LogP contribution is 2.29. The van der Waals surface area contributed by atoms with Crippen LogP contribution in [0.2, 0.25) is 0 Å². The first-order chi connectivity index (χ1) is 14.1. The van der Waals surface area contributed by atoms with Crippen LogP contribution in [0, 0.1) is 5.92 Å². The van der Waals surface area contributed by atoms with Crippen LogP contribution < -0.4 is 20.5 Å². The number of benzene rings is 2. The van der Waals surface area contributed by atoms with Gasteiger partial charge in [-0.25, -0.2) is 4.99 Å². The zero-order chi connectivity index (χ0) is 20.6. The monoisotopic (exact) mass is 396 g/mol. The topological polar surface area (TPSA) is 72.1 Å². The van der Waals surface area contributed by atoms with Crippen molar-refractivity contribution in [1.29, 1.82) is 0 Å². The van der Waals surface area contributed by atoms with Crippen LogP contribution in [0.1, 0.15) is 30.9 Å². The molecule has 1 heterocycles. The smallest absolute Gasteiger partial charge is 0.193 e. The molecule has 0 bridgehead atoms. The first kappa shape index (κ1) is 21.0. The number of piperidine rings is 1. The molecular weight excluding hydrogens is 364 g/mol. The lowest BCUT2D eigenvalue weighted by atomic mass is 9.99. The first-order valence-corrected chi connectivity index (χ1v) is 10.2. The fourth-order valence-corrected chi connectivity index (χ4v) is 3.81. The molecule has 0 spiro atoms. The maximum absolute atomic E-state index is 6.12. The third-order valence-corrected chi connectivity index (χ3v) is 5.33. The SMILES string of the molecule is COc1ccc(NC(N)=NCc2ccccc2CN2CCCC(C)C2)cc1OC. The Bertz CT molecular complexity index is 837. The molecule has 1 fully saturated rings. The number of likely N-dealkylation sites (tertiary alicyclic amines) is 1. The van der Waals surface area contributed by atoms with Gasteiger partial charge in [-0.05, 0) is 48.6 Å². The molecule has 1 unspecified atom stereocenters. The van der Waals surface area contributed by atoms with Gasteiger partial charge < -0.3 is 20.5 Å². The summed E-state index contributed by atoms with van der Waals surface area (Å²) in [4.78, 5) is 7.09. The Labute approximate surface area is 173 Å². The molecule has 1 aliphatic heterocycles.